The number of fused-ring (bicyclic) bond motifs is 3. The second-order valence-electron chi connectivity index (χ2n) is 7.91. The van der Waals surface area contributed by atoms with E-state index in [0.717, 1.165) is 46.1 Å². The summed E-state index contributed by atoms with van der Waals surface area (Å²) < 4.78 is 6.12. The molecule has 146 valence electrons. The minimum Gasteiger partial charge on any atom is -0.473 e. The van der Waals surface area contributed by atoms with Crippen molar-refractivity contribution in [2.24, 2.45) is 0 Å². The van der Waals surface area contributed by atoms with Crippen LogP contribution in [0.1, 0.15) is 25.7 Å². The summed E-state index contributed by atoms with van der Waals surface area (Å²) >= 11 is 0. The summed E-state index contributed by atoms with van der Waals surface area (Å²) in [4.78, 5) is 0. The lowest BCUT2D eigenvalue weighted by Crippen LogP contribution is -2.42. The number of nitrogens with one attached hydrogen (secondary N) is 3. The molecule has 0 unspecified atom stereocenters. The molecular formula is C21H21N7O. The summed E-state index contributed by atoms with van der Waals surface area (Å²) in [7, 11) is 0. The van der Waals surface area contributed by atoms with E-state index in [-0.39, 0.29) is 6.10 Å². The van der Waals surface area contributed by atoms with Crippen molar-refractivity contribution in [3.63, 3.8) is 0 Å². The van der Waals surface area contributed by atoms with Gasteiger partial charge in [-0.15, -0.1) is 10.2 Å². The van der Waals surface area contributed by atoms with Gasteiger partial charge in [0.2, 0.25) is 5.88 Å². The van der Waals surface area contributed by atoms with Crippen molar-refractivity contribution in [2.45, 2.75) is 43.9 Å². The van der Waals surface area contributed by atoms with E-state index in [1.54, 1.807) is 6.20 Å². The van der Waals surface area contributed by atoms with Crippen LogP contribution in [-0.2, 0) is 0 Å². The second-order valence-corrected chi connectivity index (χ2v) is 7.91. The largest absolute Gasteiger partial charge is 0.473 e. The number of aromatic nitrogens is 6. The molecular weight excluding hydrogens is 366 g/mol. The number of hydrogen-bond donors (Lipinski definition) is 3. The average Bonchev–Trinajstić information content (AvgIpc) is 3.49. The molecule has 2 aliphatic heterocycles. The Hall–Kier alpha value is -3.26. The van der Waals surface area contributed by atoms with Gasteiger partial charge < -0.3 is 10.1 Å². The van der Waals surface area contributed by atoms with Gasteiger partial charge in [-0.05, 0) is 43.4 Å². The molecule has 8 heteroatoms. The normalized spacial score (nSPS) is 23.5. The van der Waals surface area contributed by atoms with Crippen LogP contribution in [0.25, 0.3) is 33.3 Å². The zero-order valence-corrected chi connectivity index (χ0v) is 15.8. The maximum absolute atomic E-state index is 6.12. The monoisotopic (exact) mass is 387 g/mol. The molecule has 8 nitrogen and oxygen atoms in total. The SMILES string of the molecule is c1n[nH]cc1-c1ccc(-c2ccc(O[C@H]3C[C@H]4CC[C@@H](C3)N4)nn2)c2[nH]ncc12. The standard InChI is InChI=1S/C21H21N7O/c1-2-14-8-15(7-13(1)25-14)29-20-6-5-19(26-27-20)17-4-3-16(12-9-22-23-10-12)18-11-24-28-21(17)18/h3-6,9-11,13-15,25H,1-2,7-8H2,(H,22,23)(H,24,28)/t13-,14+,15+. The molecule has 2 aliphatic rings. The van der Waals surface area contributed by atoms with Crippen molar-refractivity contribution in [1.29, 1.82) is 0 Å². The number of benzene rings is 1. The number of aromatic amines is 2. The van der Waals surface area contributed by atoms with E-state index in [1.807, 2.05) is 30.6 Å². The molecule has 29 heavy (non-hydrogen) atoms. The van der Waals surface area contributed by atoms with E-state index < -0.39 is 0 Å². The minimum atomic E-state index is 0.224. The Bertz CT molecular complexity index is 1120. The molecule has 3 aromatic heterocycles. The van der Waals surface area contributed by atoms with E-state index in [1.165, 1.54) is 12.8 Å². The molecule has 2 saturated heterocycles. The second kappa shape index (κ2) is 6.66. The summed E-state index contributed by atoms with van der Waals surface area (Å²) in [6, 6.07) is 9.16. The molecule has 2 bridgehead atoms. The van der Waals surface area contributed by atoms with Crippen molar-refractivity contribution in [2.75, 3.05) is 0 Å². The van der Waals surface area contributed by atoms with Gasteiger partial charge in [-0.2, -0.15) is 10.2 Å². The lowest BCUT2D eigenvalue weighted by Gasteiger charge is -2.28. The Morgan fingerprint density at radius 1 is 0.897 bits per heavy atom. The van der Waals surface area contributed by atoms with E-state index in [0.29, 0.717) is 18.0 Å². The van der Waals surface area contributed by atoms with E-state index in [2.05, 4.69) is 42.0 Å². The van der Waals surface area contributed by atoms with Gasteiger partial charge in [0.15, 0.2) is 0 Å². The maximum Gasteiger partial charge on any atom is 0.233 e. The number of nitrogens with zero attached hydrogens (tertiary/aromatic N) is 4. The fourth-order valence-electron chi connectivity index (χ4n) is 4.70. The molecule has 6 rings (SSSR count). The molecule has 3 atom stereocenters. The first-order valence-electron chi connectivity index (χ1n) is 10.1. The topological polar surface area (TPSA) is 104 Å². The molecule has 5 heterocycles. The lowest BCUT2D eigenvalue weighted by atomic mass is 10.0. The lowest BCUT2D eigenvalue weighted by molar-refractivity contribution is 0.130. The van der Waals surface area contributed by atoms with Crippen LogP contribution in [-0.4, -0.2) is 48.8 Å². The van der Waals surface area contributed by atoms with Crippen LogP contribution in [0, 0.1) is 0 Å². The van der Waals surface area contributed by atoms with Crippen LogP contribution in [0.3, 0.4) is 0 Å². The van der Waals surface area contributed by atoms with Gasteiger partial charge >= 0.3 is 0 Å². The molecule has 3 N–H and O–H groups in total. The van der Waals surface area contributed by atoms with Gasteiger partial charge in [0.1, 0.15) is 6.10 Å². The van der Waals surface area contributed by atoms with Crippen LogP contribution in [0.2, 0.25) is 0 Å². The zero-order chi connectivity index (χ0) is 19.2. The maximum atomic E-state index is 6.12. The van der Waals surface area contributed by atoms with E-state index in [4.69, 9.17) is 4.74 Å². The molecule has 1 aromatic carbocycles. The number of hydrogen-bond acceptors (Lipinski definition) is 6. The van der Waals surface area contributed by atoms with Gasteiger partial charge in [0.05, 0.1) is 23.6 Å². The van der Waals surface area contributed by atoms with Crippen LogP contribution in [0.5, 0.6) is 5.88 Å². The molecule has 0 radical (unpaired) electrons. The van der Waals surface area contributed by atoms with Gasteiger partial charge in [-0.3, -0.25) is 10.2 Å². The van der Waals surface area contributed by atoms with Gasteiger partial charge in [-0.25, -0.2) is 0 Å². The van der Waals surface area contributed by atoms with Crippen LogP contribution in [0.4, 0.5) is 0 Å². The number of piperidine rings is 1. The highest BCUT2D eigenvalue weighted by Gasteiger charge is 2.34. The van der Waals surface area contributed by atoms with Gasteiger partial charge in [0.25, 0.3) is 0 Å². The Morgan fingerprint density at radius 3 is 2.52 bits per heavy atom. The van der Waals surface area contributed by atoms with Crippen molar-refractivity contribution < 1.29 is 4.74 Å². The minimum absolute atomic E-state index is 0.224. The molecule has 4 aromatic rings. The Kier molecular flexibility index (Phi) is 3.83. The Morgan fingerprint density at radius 2 is 1.76 bits per heavy atom. The third-order valence-corrected chi connectivity index (χ3v) is 6.06. The van der Waals surface area contributed by atoms with Crippen molar-refractivity contribution in [1.82, 2.24) is 35.9 Å². The van der Waals surface area contributed by atoms with Crippen molar-refractivity contribution in [3.05, 3.63) is 42.9 Å². The number of ether oxygens (including phenoxy) is 1. The van der Waals surface area contributed by atoms with Crippen molar-refractivity contribution >= 4 is 10.9 Å². The predicted octanol–water partition coefficient (Wildman–Crippen LogP) is 3.07. The number of rotatable bonds is 4. The molecule has 0 aliphatic carbocycles. The third-order valence-electron chi connectivity index (χ3n) is 6.06. The summed E-state index contributed by atoms with van der Waals surface area (Å²) in [5.74, 6) is 0.593. The van der Waals surface area contributed by atoms with Crippen LogP contribution < -0.4 is 10.1 Å². The van der Waals surface area contributed by atoms with Crippen LogP contribution >= 0.6 is 0 Å². The molecule has 0 spiro atoms. The zero-order valence-electron chi connectivity index (χ0n) is 15.8. The first-order chi connectivity index (χ1) is 14.3. The van der Waals surface area contributed by atoms with E-state index in [9.17, 15) is 0 Å². The third kappa shape index (κ3) is 2.96. The first-order valence-corrected chi connectivity index (χ1v) is 10.1. The summed E-state index contributed by atoms with van der Waals surface area (Å²) in [5, 5.41) is 27.7. The fourth-order valence-corrected chi connectivity index (χ4v) is 4.70. The summed E-state index contributed by atoms with van der Waals surface area (Å²) in [6.45, 7) is 0. The van der Waals surface area contributed by atoms with Crippen LogP contribution in [0.15, 0.2) is 42.9 Å². The van der Waals surface area contributed by atoms with Gasteiger partial charge in [0, 0.05) is 40.9 Å². The quantitative estimate of drug-likeness (QED) is 0.497. The average molecular weight is 387 g/mol. The van der Waals surface area contributed by atoms with E-state index >= 15 is 0 Å². The van der Waals surface area contributed by atoms with Gasteiger partial charge in [-0.1, -0.05) is 6.07 Å². The smallest absolute Gasteiger partial charge is 0.233 e. The molecule has 0 saturated carbocycles. The Labute approximate surface area is 167 Å². The first kappa shape index (κ1) is 16.7. The highest BCUT2D eigenvalue weighted by molar-refractivity contribution is 6.01. The highest BCUT2D eigenvalue weighted by atomic mass is 16.5. The summed E-state index contributed by atoms with van der Waals surface area (Å²) in [6.07, 6.45) is 10.3. The fraction of sp³-hybridized carbons (Fsp3) is 0.333. The van der Waals surface area contributed by atoms with Crippen molar-refractivity contribution in [3.8, 4) is 28.3 Å². The molecule has 2 fully saturated rings. The Balaban J connectivity index is 1.27. The predicted molar refractivity (Wildman–Crippen MR) is 108 cm³/mol. The molecule has 0 amide bonds. The summed E-state index contributed by atoms with van der Waals surface area (Å²) in [5.41, 5.74) is 4.77. The highest BCUT2D eigenvalue weighted by Crippen LogP contribution is 2.34. The number of H-pyrrole nitrogens is 2.